The lowest BCUT2D eigenvalue weighted by Gasteiger charge is -2.23. The van der Waals surface area contributed by atoms with E-state index in [-0.39, 0.29) is 5.06 Å². The maximum atomic E-state index is 12.0. The molecule has 4 nitrogen and oxygen atoms in total. The SMILES string of the molecule is Cc1ccc2c(C)ccc3c2c1C(=O)N(O)C3=O. The highest BCUT2D eigenvalue weighted by molar-refractivity contribution is 6.25. The highest BCUT2D eigenvalue weighted by atomic mass is 16.5. The molecule has 90 valence electrons. The van der Waals surface area contributed by atoms with Crippen molar-refractivity contribution >= 4 is 22.6 Å². The number of nitrogens with zero attached hydrogens (tertiary/aromatic N) is 1. The number of benzene rings is 2. The van der Waals surface area contributed by atoms with E-state index in [0.29, 0.717) is 16.5 Å². The Morgan fingerprint density at radius 2 is 1.61 bits per heavy atom. The maximum absolute atomic E-state index is 12.0. The second-order valence-electron chi connectivity index (χ2n) is 4.53. The van der Waals surface area contributed by atoms with Gasteiger partial charge in [0.15, 0.2) is 0 Å². The average Bonchev–Trinajstić information content (AvgIpc) is 2.35. The van der Waals surface area contributed by atoms with Gasteiger partial charge in [0.1, 0.15) is 0 Å². The molecule has 0 unspecified atom stereocenters. The topological polar surface area (TPSA) is 57.6 Å². The van der Waals surface area contributed by atoms with Gasteiger partial charge in [0, 0.05) is 5.39 Å². The Balaban J connectivity index is 2.58. The van der Waals surface area contributed by atoms with Crippen LogP contribution in [0.4, 0.5) is 0 Å². The molecular formula is C14H11NO3. The predicted molar refractivity (Wildman–Crippen MR) is 65.7 cm³/mol. The van der Waals surface area contributed by atoms with Crippen LogP contribution in [0.2, 0.25) is 0 Å². The zero-order valence-corrected chi connectivity index (χ0v) is 10.0. The van der Waals surface area contributed by atoms with Crippen LogP contribution in [0, 0.1) is 13.8 Å². The minimum Gasteiger partial charge on any atom is -0.278 e. The highest BCUT2D eigenvalue weighted by Crippen LogP contribution is 2.33. The second-order valence-corrected chi connectivity index (χ2v) is 4.53. The van der Waals surface area contributed by atoms with Crippen molar-refractivity contribution in [3.8, 4) is 0 Å². The summed E-state index contributed by atoms with van der Waals surface area (Å²) in [7, 11) is 0. The maximum Gasteiger partial charge on any atom is 0.285 e. The number of amides is 2. The minimum absolute atomic E-state index is 0.194. The molecule has 2 aromatic rings. The van der Waals surface area contributed by atoms with E-state index in [1.165, 1.54) is 0 Å². The lowest BCUT2D eigenvalue weighted by molar-refractivity contribution is -0.0378. The van der Waals surface area contributed by atoms with Gasteiger partial charge >= 0.3 is 0 Å². The van der Waals surface area contributed by atoms with Gasteiger partial charge in [-0.3, -0.25) is 14.8 Å². The third kappa shape index (κ3) is 1.18. The third-order valence-electron chi connectivity index (χ3n) is 3.44. The standard InChI is InChI=1S/C14H11NO3/c1-7-3-6-10-12-9(7)5-4-8(2)11(12)14(17)15(18)13(10)16/h3-6,18H,1-2H3. The summed E-state index contributed by atoms with van der Waals surface area (Å²) in [6.45, 7) is 3.72. The number of hydroxylamine groups is 2. The molecule has 4 heteroatoms. The van der Waals surface area contributed by atoms with Crippen molar-refractivity contribution in [3.05, 3.63) is 46.5 Å². The van der Waals surface area contributed by atoms with Crippen LogP contribution in [0.1, 0.15) is 31.8 Å². The molecule has 1 heterocycles. The number of aryl methyl sites for hydroxylation is 2. The molecule has 3 rings (SSSR count). The van der Waals surface area contributed by atoms with Gasteiger partial charge in [-0.05, 0) is 36.4 Å². The van der Waals surface area contributed by atoms with Crippen molar-refractivity contribution in [1.82, 2.24) is 5.06 Å². The van der Waals surface area contributed by atoms with Crippen LogP contribution in [-0.2, 0) is 0 Å². The van der Waals surface area contributed by atoms with Crippen LogP contribution in [0.3, 0.4) is 0 Å². The molecule has 0 fully saturated rings. The van der Waals surface area contributed by atoms with Gasteiger partial charge in [0.05, 0.1) is 11.1 Å². The van der Waals surface area contributed by atoms with Gasteiger partial charge in [-0.25, -0.2) is 0 Å². The van der Waals surface area contributed by atoms with Crippen LogP contribution < -0.4 is 0 Å². The van der Waals surface area contributed by atoms with Crippen molar-refractivity contribution in [1.29, 1.82) is 0 Å². The Labute approximate surface area is 103 Å². The van der Waals surface area contributed by atoms with Gasteiger partial charge < -0.3 is 0 Å². The number of imide groups is 1. The van der Waals surface area contributed by atoms with Gasteiger partial charge in [0.25, 0.3) is 11.8 Å². The summed E-state index contributed by atoms with van der Waals surface area (Å²) in [4.78, 5) is 23.9. The first-order valence-corrected chi connectivity index (χ1v) is 5.63. The summed E-state index contributed by atoms with van der Waals surface area (Å²) in [5, 5.41) is 11.3. The predicted octanol–water partition coefficient (Wildman–Crippen LogP) is 2.44. The summed E-state index contributed by atoms with van der Waals surface area (Å²) >= 11 is 0. The molecule has 1 aliphatic rings. The Kier molecular flexibility index (Phi) is 2.06. The summed E-state index contributed by atoms with van der Waals surface area (Å²) in [6.07, 6.45) is 0. The Hall–Kier alpha value is -2.20. The van der Waals surface area contributed by atoms with Gasteiger partial charge in [-0.1, -0.05) is 18.2 Å². The summed E-state index contributed by atoms with van der Waals surface area (Å²) in [5.41, 5.74) is 2.54. The lowest BCUT2D eigenvalue weighted by atomic mass is 9.90. The average molecular weight is 241 g/mol. The molecule has 0 saturated carbocycles. The lowest BCUT2D eigenvalue weighted by Crippen LogP contribution is -2.38. The third-order valence-corrected chi connectivity index (χ3v) is 3.44. The van der Waals surface area contributed by atoms with E-state index in [1.807, 2.05) is 25.1 Å². The van der Waals surface area contributed by atoms with Crippen LogP contribution in [0.15, 0.2) is 24.3 Å². The van der Waals surface area contributed by atoms with Crippen molar-refractivity contribution in [3.63, 3.8) is 0 Å². The molecule has 1 aliphatic heterocycles. The van der Waals surface area contributed by atoms with E-state index in [4.69, 9.17) is 0 Å². The molecule has 2 amide bonds. The molecule has 18 heavy (non-hydrogen) atoms. The molecule has 0 atom stereocenters. The second kappa shape index (κ2) is 3.40. The molecule has 2 aromatic carbocycles. The summed E-state index contributed by atoms with van der Waals surface area (Å²) in [5.74, 6) is -1.32. The number of carbonyl (C=O) groups is 2. The fourth-order valence-corrected chi connectivity index (χ4v) is 2.46. The number of hydrogen-bond donors (Lipinski definition) is 1. The minimum atomic E-state index is -0.664. The molecule has 0 aliphatic carbocycles. The van der Waals surface area contributed by atoms with Crippen molar-refractivity contribution in [2.24, 2.45) is 0 Å². The Morgan fingerprint density at radius 1 is 0.944 bits per heavy atom. The summed E-state index contributed by atoms with van der Waals surface area (Å²) in [6, 6.07) is 7.20. The normalized spacial score (nSPS) is 14.5. The van der Waals surface area contributed by atoms with Crippen LogP contribution in [-0.4, -0.2) is 22.1 Å². The Bertz CT molecular complexity index is 719. The molecule has 0 spiro atoms. The van der Waals surface area contributed by atoms with E-state index < -0.39 is 11.8 Å². The molecule has 0 aromatic heterocycles. The van der Waals surface area contributed by atoms with E-state index in [9.17, 15) is 14.8 Å². The quantitative estimate of drug-likeness (QED) is 0.569. The first-order chi connectivity index (χ1) is 8.52. The number of hydrogen-bond acceptors (Lipinski definition) is 3. The van der Waals surface area contributed by atoms with Crippen molar-refractivity contribution in [2.75, 3.05) is 0 Å². The number of carbonyl (C=O) groups excluding carboxylic acids is 2. The van der Waals surface area contributed by atoms with E-state index in [2.05, 4.69) is 0 Å². The van der Waals surface area contributed by atoms with E-state index >= 15 is 0 Å². The zero-order valence-electron chi connectivity index (χ0n) is 10.0. The van der Waals surface area contributed by atoms with Crippen molar-refractivity contribution in [2.45, 2.75) is 13.8 Å². The molecule has 0 saturated heterocycles. The molecular weight excluding hydrogens is 230 g/mol. The zero-order chi connectivity index (χ0) is 13.0. The van der Waals surface area contributed by atoms with E-state index in [1.54, 1.807) is 13.0 Å². The molecule has 0 radical (unpaired) electrons. The van der Waals surface area contributed by atoms with Crippen molar-refractivity contribution < 1.29 is 14.8 Å². The highest BCUT2D eigenvalue weighted by Gasteiger charge is 2.33. The fourth-order valence-electron chi connectivity index (χ4n) is 2.46. The first-order valence-electron chi connectivity index (χ1n) is 5.63. The largest absolute Gasteiger partial charge is 0.285 e. The van der Waals surface area contributed by atoms with Crippen LogP contribution in [0.5, 0.6) is 0 Å². The fraction of sp³-hybridized carbons (Fsp3) is 0.143. The van der Waals surface area contributed by atoms with Gasteiger partial charge in [-0.2, -0.15) is 0 Å². The smallest absolute Gasteiger partial charge is 0.278 e. The monoisotopic (exact) mass is 241 g/mol. The van der Waals surface area contributed by atoms with Gasteiger partial charge in [0.2, 0.25) is 0 Å². The van der Waals surface area contributed by atoms with Gasteiger partial charge in [-0.15, -0.1) is 5.06 Å². The first kappa shape index (κ1) is 10.9. The number of rotatable bonds is 0. The molecule has 1 N–H and O–H groups in total. The van der Waals surface area contributed by atoms with Crippen LogP contribution >= 0.6 is 0 Å². The van der Waals surface area contributed by atoms with E-state index in [0.717, 1.165) is 16.5 Å². The van der Waals surface area contributed by atoms with Crippen LogP contribution in [0.25, 0.3) is 10.8 Å². The summed E-state index contributed by atoms with van der Waals surface area (Å²) < 4.78 is 0. The Morgan fingerprint density at radius 3 is 2.33 bits per heavy atom. The molecule has 0 bridgehead atoms.